The van der Waals surface area contributed by atoms with E-state index in [9.17, 15) is 9.59 Å². The zero-order valence-corrected chi connectivity index (χ0v) is 15.0. The second-order valence-corrected chi connectivity index (χ2v) is 6.86. The van der Waals surface area contributed by atoms with Crippen LogP contribution in [0.4, 0.5) is 0 Å². The van der Waals surface area contributed by atoms with Crippen molar-refractivity contribution in [2.45, 2.75) is 19.3 Å². The third kappa shape index (κ3) is 4.53. The average Bonchev–Trinajstić information content (AvgIpc) is 2.68. The van der Waals surface area contributed by atoms with Gasteiger partial charge in [0.05, 0.1) is 12.3 Å². The third-order valence-corrected chi connectivity index (χ3v) is 5.04. The van der Waals surface area contributed by atoms with Gasteiger partial charge in [0, 0.05) is 18.7 Å². The van der Waals surface area contributed by atoms with Crippen LogP contribution in [0.3, 0.4) is 0 Å². The zero-order valence-electron chi connectivity index (χ0n) is 15.0. The Balaban J connectivity index is 1.60. The molecular weight excluding hydrogens is 342 g/mol. The maximum atomic E-state index is 12.4. The number of hydrogen-bond donors (Lipinski definition) is 3. The fourth-order valence-corrected chi connectivity index (χ4v) is 3.32. The molecule has 1 saturated heterocycles. The van der Waals surface area contributed by atoms with E-state index in [-0.39, 0.29) is 17.7 Å². The number of nitrogens with two attached hydrogens (primary N) is 1. The molecule has 0 spiro atoms. The second-order valence-electron chi connectivity index (χ2n) is 6.86. The van der Waals surface area contributed by atoms with Gasteiger partial charge >= 0.3 is 5.97 Å². The van der Waals surface area contributed by atoms with Gasteiger partial charge in [0.15, 0.2) is 0 Å². The first-order chi connectivity index (χ1) is 12.9. The fourth-order valence-electron chi connectivity index (χ4n) is 3.32. The third-order valence-electron chi connectivity index (χ3n) is 5.04. The fraction of sp³-hybridized carbons (Fsp3) is 0.286. The van der Waals surface area contributed by atoms with E-state index in [1.165, 1.54) is 0 Å². The number of nitrogens with one attached hydrogen (secondary N) is 1. The molecule has 4 N–H and O–H groups in total. The van der Waals surface area contributed by atoms with Crippen molar-refractivity contribution < 1.29 is 14.7 Å². The van der Waals surface area contributed by atoms with Gasteiger partial charge in [0.25, 0.3) is 0 Å². The highest BCUT2D eigenvalue weighted by atomic mass is 16.4. The van der Waals surface area contributed by atoms with E-state index in [1.807, 2.05) is 48.5 Å². The summed E-state index contributed by atoms with van der Waals surface area (Å²) in [5.74, 6) is -1.02. The topological polar surface area (TPSA) is 107 Å². The van der Waals surface area contributed by atoms with Crippen molar-refractivity contribution in [2.75, 3.05) is 13.1 Å². The SMILES string of the molecule is N=C(N)c1ccc(-c2ccc(CC(=O)N3CCC(C(=O)O)CC3)cc2)cc1. The minimum Gasteiger partial charge on any atom is -0.481 e. The summed E-state index contributed by atoms with van der Waals surface area (Å²) in [6.07, 6.45) is 1.37. The minimum absolute atomic E-state index is 0.0393. The molecule has 0 atom stereocenters. The first-order valence-corrected chi connectivity index (χ1v) is 8.98. The maximum Gasteiger partial charge on any atom is 0.306 e. The van der Waals surface area contributed by atoms with Crippen LogP contribution in [-0.4, -0.2) is 40.8 Å². The molecule has 0 bridgehead atoms. The summed E-state index contributed by atoms with van der Waals surface area (Å²) < 4.78 is 0. The standard InChI is InChI=1S/C21H23N3O3/c22-20(23)17-7-5-16(6-8-17)15-3-1-14(2-4-15)13-19(25)24-11-9-18(10-12-24)21(26)27/h1-8,18H,9-13H2,(H3,22,23)(H,26,27). The van der Waals surface area contributed by atoms with Crippen LogP contribution in [0.1, 0.15) is 24.0 Å². The Labute approximate surface area is 158 Å². The number of aliphatic carboxylic acids is 1. The monoisotopic (exact) mass is 365 g/mol. The Morgan fingerprint density at radius 1 is 1.00 bits per heavy atom. The van der Waals surface area contributed by atoms with Crippen LogP contribution in [0.15, 0.2) is 48.5 Å². The van der Waals surface area contributed by atoms with Gasteiger partial charge in [-0.15, -0.1) is 0 Å². The Hall–Kier alpha value is -3.15. The van der Waals surface area contributed by atoms with Gasteiger partial charge < -0.3 is 15.7 Å². The van der Waals surface area contributed by atoms with Crippen molar-refractivity contribution in [2.24, 2.45) is 11.7 Å². The van der Waals surface area contributed by atoms with E-state index in [1.54, 1.807) is 4.90 Å². The molecule has 27 heavy (non-hydrogen) atoms. The highest BCUT2D eigenvalue weighted by Crippen LogP contribution is 2.22. The molecule has 1 aliphatic heterocycles. The molecule has 0 aliphatic carbocycles. The Bertz CT molecular complexity index is 836. The lowest BCUT2D eigenvalue weighted by atomic mass is 9.96. The first-order valence-electron chi connectivity index (χ1n) is 8.98. The number of carbonyl (C=O) groups is 2. The van der Waals surface area contributed by atoms with Crippen LogP contribution in [0.5, 0.6) is 0 Å². The van der Waals surface area contributed by atoms with Gasteiger partial charge in [-0.3, -0.25) is 15.0 Å². The number of nitrogen functional groups attached to an aromatic ring is 1. The van der Waals surface area contributed by atoms with Crippen LogP contribution in [-0.2, 0) is 16.0 Å². The number of amidine groups is 1. The summed E-state index contributed by atoms with van der Waals surface area (Å²) in [6.45, 7) is 1.02. The molecule has 0 radical (unpaired) electrons. The molecular formula is C21H23N3O3. The molecule has 1 amide bonds. The summed E-state index contributed by atoms with van der Waals surface area (Å²) in [6, 6.07) is 15.3. The quantitative estimate of drug-likeness (QED) is 0.559. The van der Waals surface area contributed by atoms with Gasteiger partial charge in [-0.1, -0.05) is 48.5 Å². The summed E-state index contributed by atoms with van der Waals surface area (Å²) in [5.41, 5.74) is 9.15. The number of hydrogen-bond acceptors (Lipinski definition) is 3. The number of piperidine rings is 1. The average molecular weight is 365 g/mol. The normalized spacial score (nSPS) is 14.7. The molecule has 0 aromatic heterocycles. The van der Waals surface area contributed by atoms with E-state index in [2.05, 4.69) is 0 Å². The molecule has 6 nitrogen and oxygen atoms in total. The number of amides is 1. The molecule has 0 unspecified atom stereocenters. The smallest absolute Gasteiger partial charge is 0.306 e. The Morgan fingerprint density at radius 2 is 1.52 bits per heavy atom. The lowest BCUT2D eigenvalue weighted by molar-refractivity contribution is -0.145. The molecule has 1 aliphatic rings. The maximum absolute atomic E-state index is 12.4. The second kappa shape index (κ2) is 8.03. The lowest BCUT2D eigenvalue weighted by Gasteiger charge is -2.30. The highest BCUT2D eigenvalue weighted by Gasteiger charge is 2.26. The number of likely N-dealkylation sites (tertiary alicyclic amines) is 1. The van der Waals surface area contributed by atoms with Gasteiger partial charge in [0.2, 0.25) is 5.91 Å². The van der Waals surface area contributed by atoms with Crippen LogP contribution in [0, 0.1) is 11.3 Å². The van der Waals surface area contributed by atoms with Crippen LogP contribution >= 0.6 is 0 Å². The Morgan fingerprint density at radius 3 is 2.00 bits per heavy atom. The summed E-state index contributed by atoms with van der Waals surface area (Å²) in [7, 11) is 0. The van der Waals surface area contributed by atoms with Crippen LogP contribution in [0.2, 0.25) is 0 Å². The van der Waals surface area contributed by atoms with Gasteiger partial charge in [-0.2, -0.15) is 0 Å². The van der Waals surface area contributed by atoms with Gasteiger partial charge in [0.1, 0.15) is 5.84 Å². The van der Waals surface area contributed by atoms with Crippen molar-refractivity contribution >= 4 is 17.7 Å². The van der Waals surface area contributed by atoms with Crippen molar-refractivity contribution in [3.63, 3.8) is 0 Å². The highest BCUT2D eigenvalue weighted by molar-refractivity contribution is 5.95. The summed E-state index contributed by atoms with van der Waals surface area (Å²) in [4.78, 5) is 25.2. The molecule has 6 heteroatoms. The molecule has 140 valence electrons. The van der Waals surface area contributed by atoms with E-state index in [0.29, 0.717) is 37.9 Å². The van der Waals surface area contributed by atoms with Crippen LogP contribution < -0.4 is 5.73 Å². The van der Waals surface area contributed by atoms with Gasteiger partial charge in [-0.05, 0) is 29.5 Å². The number of carboxylic acid groups (broad SMARTS) is 1. The molecule has 0 saturated carbocycles. The molecule has 1 fully saturated rings. The van der Waals surface area contributed by atoms with Crippen molar-refractivity contribution in [3.05, 3.63) is 59.7 Å². The van der Waals surface area contributed by atoms with Crippen molar-refractivity contribution in [1.82, 2.24) is 4.90 Å². The molecule has 2 aromatic carbocycles. The van der Waals surface area contributed by atoms with E-state index < -0.39 is 5.97 Å². The van der Waals surface area contributed by atoms with Crippen molar-refractivity contribution in [3.8, 4) is 11.1 Å². The predicted molar refractivity (Wildman–Crippen MR) is 104 cm³/mol. The molecule has 3 rings (SSSR count). The number of nitrogens with zero attached hydrogens (tertiary/aromatic N) is 1. The minimum atomic E-state index is -0.769. The largest absolute Gasteiger partial charge is 0.481 e. The predicted octanol–water partition coefficient (Wildman–Crippen LogP) is 2.50. The lowest BCUT2D eigenvalue weighted by Crippen LogP contribution is -2.40. The molecule has 2 aromatic rings. The van der Waals surface area contributed by atoms with E-state index in [4.69, 9.17) is 16.2 Å². The number of rotatable bonds is 5. The number of carbonyl (C=O) groups excluding carboxylic acids is 1. The van der Waals surface area contributed by atoms with E-state index in [0.717, 1.165) is 16.7 Å². The molecule has 1 heterocycles. The number of carboxylic acids is 1. The van der Waals surface area contributed by atoms with Crippen molar-refractivity contribution in [1.29, 1.82) is 5.41 Å². The summed E-state index contributed by atoms with van der Waals surface area (Å²) >= 11 is 0. The first kappa shape index (κ1) is 18.6. The zero-order chi connectivity index (χ0) is 19.4. The van der Waals surface area contributed by atoms with Gasteiger partial charge in [-0.25, -0.2) is 0 Å². The van der Waals surface area contributed by atoms with E-state index >= 15 is 0 Å². The summed E-state index contributed by atoms with van der Waals surface area (Å²) in [5, 5.41) is 16.5. The number of benzene rings is 2. The Kier molecular flexibility index (Phi) is 5.54. The van der Waals surface area contributed by atoms with Crippen LogP contribution in [0.25, 0.3) is 11.1 Å².